The summed E-state index contributed by atoms with van der Waals surface area (Å²) in [6.07, 6.45) is 2.45. The van der Waals surface area contributed by atoms with Crippen LogP contribution in [0.25, 0.3) is 11.1 Å². The maximum absolute atomic E-state index is 11.9. The van der Waals surface area contributed by atoms with Gasteiger partial charge in [-0.05, 0) is 35.4 Å². The van der Waals surface area contributed by atoms with E-state index in [9.17, 15) is 18.0 Å². The summed E-state index contributed by atoms with van der Waals surface area (Å²) in [4.78, 5) is 24.0. The first-order valence-corrected chi connectivity index (χ1v) is 8.19. The molecular formula is C16H12N2O6S. The second kappa shape index (κ2) is 7.55. The second-order valence-electron chi connectivity index (χ2n) is 4.61. The molecular weight excluding hydrogens is 348 g/mol. The molecule has 0 bridgehead atoms. The molecule has 0 aliphatic rings. The highest BCUT2D eigenvalue weighted by molar-refractivity contribution is 7.90. The minimum Gasteiger partial charge on any atom is -0.495 e. The maximum Gasteiger partial charge on any atom is 0.296 e. The molecule has 128 valence electrons. The van der Waals surface area contributed by atoms with Crippen molar-refractivity contribution in [3.8, 4) is 22.6 Å². The molecule has 0 saturated carbocycles. The zero-order valence-electron chi connectivity index (χ0n) is 13.2. The zero-order chi connectivity index (χ0) is 18.4. The molecule has 0 amide bonds. The van der Waals surface area contributed by atoms with Crippen LogP contribution in [-0.2, 0) is 19.6 Å². The van der Waals surface area contributed by atoms with Crippen LogP contribution in [0.4, 0.5) is 5.69 Å². The molecule has 9 heteroatoms. The fraction of sp³-hybridized carbons (Fsp3) is 0.125. The van der Waals surface area contributed by atoms with E-state index in [1.165, 1.54) is 38.5 Å². The van der Waals surface area contributed by atoms with Crippen molar-refractivity contribution in [1.29, 1.82) is 0 Å². The van der Waals surface area contributed by atoms with Crippen molar-refractivity contribution >= 4 is 27.9 Å². The quantitative estimate of drug-likeness (QED) is 0.577. The van der Waals surface area contributed by atoms with Gasteiger partial charge in [0, 0.05) is 0 Å². The van der Waals surface area contributed by atoms with E-state index < -0.39 is 10.0 Å². The second-order valence-corrected chi connectivity index (χ2v) is 6.19. The number of nitrogens with zero attached hydrogens (tertiary/aromatic N) is 2. The number of ether oxygens (including phenoxy) is 2. The fourth-order valence-corrected chi connectivity index (χ4v) is 2.99. The van der Waals surface area contributed by atoms with Crippen LogP contribution < -0.4 is 9.47 Å². The molecule has 0 saturated heterocycles. The standard InChI is InChI=1S/C16H12N2O6S/c1-23-14-7-11(3-5-13(14)17-9-19)12-4-6-16(15(8-12)24-2)25(21,22)18-10-20/h3-8H,1-2H3. The molecule has 0 unspecified atom stereocenters. The lowest BCUT2D eigenvalue weighted by atomic mass is 10.0. The smallest absolute Gasteiger partial charge is 0.296 e. The molecule has 0 fully saturated rings. The van der Waals surface area contributed by atoms with Crippen molar-refractivity contribution in [3.63, 3.8) is 0 Å². The average Bonchev–Trinajstić information content (AvgIpc) is 2.61. The van der Waals surface area contributed by atoms with Gasteiger partial charge in [-0.25, -0.2) is 9.59 Å². The van der Waals surface area contributed by atoms with Gasteiger partial charge < -0.3 is 9.47 Å². The summed E-state index contributed by atoms with van der Waals surface area (Å²) in [5, 5.41) is 0. The van der Waals surface area contributed by atoms with Crippen LogP contribution in [0.3, 0.4) is 0 Å². The van der Waals surface area contributed by atoms with Crippen molar-refractivity contribution in [2.45, 2.75) is 4.90 Å². The molecule has 2 aromatic carbocycles. The molecule has 0 atom stereocenters. The number of rotatable bonds is 6. The first-order chi connectivity index (χ1) is 12.0. The predicted molar refractivity (Wildman–Crippen MR) is 88.1 cm³/mol. The highest BCUT2D eigenvalue weighted by Crippen LogP contribution is 2.35. The van der Waals surface area contributed by atoms with Gasteiger partial charge in [0.25, 0.3) is 16.1 Å². The van der Waals surface area contributed by atoms with Crippen LogP contribution in [0.2, 0.25) is 0 Å². The third kappa shape index (κ3) is 3.81. The Morgan fingerprint density at radius 3 is 2.04 bits per heavy atom. The number of benzene rings is 2. The average molecular weight is 360 g/mol. The number of aliphatic imine (C=N–C) groups is 1. The highest BCUT2D eigenvalue weighted by Gasteiger charge is 2.19. The Bertz CT molecular complexity index is 1000. The van der Waals surface area contributed by atoms with E-state index in [4.69, 9.17) is 9.47 Å². The molecule has 8 nitrogen and oxygen atoms in total. The van der Waals surface area contributed by atoms with Crippen molar-refractivity contribution in [2.24, 2.45) is 9.39 Å². The van der Waals surface area contributed by atoms with Gasteiger partial charge in [0.2, 0.25) is 6.08 Å². The van der Waals surface area contributed by atoms with Crippen molar-refractivity contribution in [2.75, 3.05) is 14.2 Å². The Morgan fingerprint density at radius 2 is 1.48 bits per heavy atom. The van der Waals surface area contributed by atoms with Crippen molar-refractivity contribution in [3.05, 3.63) is 36.4 Å². The maximum atomic E-state index is 11.9. The summed E-state index contributed by atoms with van der Waals surface area (Å²) >= 11 is 0. The summed E-state index contributed by atoms with van der Waals surface area (Å²) in [5.74, 6) is 0.368. The molecule has 2 aromatic rings. The van der Waals surface area contributed by atoms with E-state index in [1.807, 2.05) is 0 Å². The third-order valence-electron chi connectivity index (χ3n) is 3.28. The number of sulfonamides is 1. The minimum absolute atomic E-state index is 0.0189. The Hall–Kier alpha value is -3.25. The molecule has 0 aliphatic carbocycles. The van der Waals surface area contributed by atoms with Gasteiger partial charge in [0.05, 0.1) is 14.2 Å². The first kappa shape index (κ1) is 18.1. The lowest BCUT2D eigenvalue weighted by Crippen LogP contribution is -2.00. The number of carbonyl (C=O) groups excluding carboxylic acids is 2. The molecule has 0 N–H and O–H groups in total. The van der Waals surface area contributed by atoms with Gasteiger partial charge in [0.1, 0.15) is 22.1 Å². The van der Waals surface area contributed by atoms with Crippen LogP contribution in [0, 0.1) is 0 Å². The topological polar surface area (TPSA) is 111 Å². The Balaban J connectivity index is 2.58. The SMILES string of the molecule is COc1cc(-c2ccc(S(=O)(=O)N=C=O)c(OC)c2)ccc1N=C=O. The summed E-state index contributed by atoms with van der Waals surface area (Å²) in [6, 6.07) is 9.13. The highest BCUT2D eigenvalue weighted by atomic mass is 32.2. The largest absolute Gasteiger partial charge is 0.495 e. The van der Waals surface area contributed by atoms with Gasteiger partial charge in [-0.15, -0.1) is 0 Å². The summed E-state index contributed by atoms with van der Waals surface area (Å²) in [5.41, 5.74) is 1.60. The normalized spacial score (nSPS) is 10.3. The lowest BCUT2D eigenvalue weighted by molar-refractivity contribution is 0.403. The van der Waals surface area contributed by atoms with Gasteiger partial charge in [-0.1, -0.05) is 16.5 Å². The van der Waals surface area contributed by atoms with Crippen LogP contribution in [0.1, 0.15) is 0 Å². The molecule has 25 heavy (non-hydrogen) atoms. The van der Waals surface area contributed by atoms with Crippen LogP contribution >= 0.6 is 0 Å². The molecule has 0 aliphatic heterocycles. The predicted octanol–water partition coefficient (Wildman–Crippen LogP) is 2.36. The Labute approximate surface area is 143 Å². The van der Waals surface area contributed by atoms with Crippen molar-refractivity contribution in [1.82, 2.24) is 0 Å². The number of hydrogen-bond donors (Lipinski definition) is 0. The van der Waals surface area contributed by atoms with Crippen LogP contribution in [0.15, 0.2) is 50.7 Å². The van der Waals surface area contributed by atoms with E-state index in [-0.39, 0.29) is 10.6 Å². The minimum atomic E-state index is -4.19. The number of methoxy groups -OCH3 is 2. The monoisotopic (exact) mass is 360 g/mol. The Morgan fingerprint density at radius 1 is 0.880 bits per heavy atom. The van der Waals surface area contributed by atoms with Gasteiger partial charge >= 0.3 is 0 Å². The Kier molecular flexibility index (Phi) is 5.46. The van der Waals surface area contributed by atoms with Crippen molar-refractivity contribution < 1.29 is 27.5 Å². The summed E-state index contributed by atoms with van der Waals surface area (Å²) in [7, 11) is -1.46. The van der Waals surface area contributed by atoms with E-state index in [0.29, 0.717) is 22.6 Å². The van der Waals surface area contributed by atoms with Gasteiger partial charge in [-0.3, -0.25) is 0 Å². The molecule has 0 aromatic heterocycles. The number of hydrogen-bond acceptors (Lipinski definition) is 7. The van der Waals surface area contributed by atoms with E-state index in [1.54, 1.807) is 18.2 Å². The summed E-state index contributed by atoms with van der Waals surface area (Å²) < 4.78 is 36.9. The molecule has 0 heterocycles. The first-order valence-electron chi connectivity index (χ1n) is 6.75. The van der Waals surface area contributed by atoms with Crippen LogP contribution in [-0.4, -0.2) is 34.8 Å². The summed E-state index contributed by atoms with van der Waals surface area (Å²) in [6.45, 7) is 0. The lowest BCUT2D eigenvalue weighted by Gasteiger charge is -2.10. The van der Waals surface area contributed by atoms with E-state index in [0.717, 1.165) is 6.08 Å². The zero-order valence-corrected chi connectivity index (χ0v) is 14.0. The molecule has 0 radical (unpaired) electrons. The third-order valence-corrected chi connectivity index (χ3v) is 4.49. The van der Waals surface area contributed by atoms with E-state index in [2.05, 4.69) is 9.39 Å². The number of isocyanates is 2. The molecule has 2 rings (SSSR count). The molecule has 0 spiro atoms. The van der Waals surface area contributed by atoms with Gasteiger partial charge in [0.15, 0.2) is 0 Å². The van der Waals surface area contributed by atoms with Gasteiger partial charge in [-0.2, -0.15) is 13.4 Å². The van der Waals surface area contributed by atoms with E-state index >= 15 is 0 Å². The van der Waals surface area contributed by atoms with Crippen LogP contribution in [0.5, 0.6) is 11.5 Å². The fourth-order valence-electron chi connectivity index (χ4n) is 2.16.